The molecule has 0 unspecified atom stereocenters. The average Bonchev–Trinajstić information content (AvgIpc) is 3.76. The quantitative estimate of drug-likeness (QED) is 0.192. The summed E-state index contributed by atoms with van der Waals surface area (Å²) in [5.41, 5.74) is 8.67. The summed E-state index contributed by atoms with van der Waals surface area (Å²) in [5.74, 6) is 0.244. The molecule has 7 nitrogen and oxygen atoms in total. The summed E-state index contributed by atoms with van der Waals surface area (Å²) in [6.07, 6.45) is 6.29. The molecule has 1 fully saturated rings. The molecule has 0 aliphatic carbocycles. The molecule has 0 saturated carbocycles. The number of ether oxygens (including phenoxy) is 1. The molecule has 0 bridgehead atoms. The molecule has 0 radical (unpaired) electrons. The minimum atomic E-state index is -0.309. The number of hydrogen-bond donors (Lipinski definition) is 2. The molecule has 0 spiro atoms. The van der Waals surface area contributed by atoms with Crippen LogP contribution < -0.4 is 4.74 Å². The number of fused-ring (bicyclic) bond motifs is 2. The second kappa shape index (κ2) is 11.6. The Hall–Kier alpha value is -4.53. The van der Waals surface area contributed by atoms with E-state index in [1.807, 2.05) is 36.7 Å². The number of halogens is 1. The Bertz CT molecular complexity index is 1900. The van der Waals surface area contributed by atoms with Gasteiger partial charge < -0.3 is 14.6 Å². The maximum Gasteiger partial charge on any atom is 0.127 e. The summed E-state index contributed by atoms with van der Waals surface area (Å²) in [6, 6.07) is 21.6. The van der Waals surface area contributed by atoms with Gasteiger partial charge in [-0.3, -0.25) is 15.0 Å². The Balaban J connectivity index is 1.21. The fourth-order valence-electron chi connectivity index (χ4n) is 6.13. The van der Waals surface area contributed by atoms with E-state index in [9.17, 15) is 4.39 Å². The van der Waals surface area contributed by atoms with E-state index < -0.39 is 0 Å². The molecule has 6 aromatic rings. The van der Waals surface area contributed by atoms with Crippen LogP contribution in [0.1, 0.15) is 18.4 Å². The van der Waals surface area contributed by atoms with Gasteiger partial charge in [-0.15, -0.1) is 0 Å². The maximum absolute atomic E-state index is 14.8. The van der Waals surface area contributed by atoms with Gasteiger partial charge in [-0.2, -0.15) is 5.10 Å². The van der Waals surface area contributed by atoms with E-state index in [2.05, 4.69) is 74.4 Å². The predicted octanol–water partition coefficient (Wildman–Crippen LogP) is 7.12. The van der Waals surface area contributed by atoms with Crippen molar-refractivity contribution in [2.24, 2.45) is 0 Å². The van der Waals surface area contributed by atoms with Crippen LogP contribution in [-0.4, -0.2) is 70.3 Å². The van der Waals surface area contributed by atoms with Crippen molar-refractivity contribution >= 4 is 21.8 Å². The number of benzene rings is 3. The number of pyridine rings is 1. The molecule has 218 valence electrons. The largest absolute Gasteiger partial charge is 0.492 e. The zero-order chi connectivity index (χ0) is 29.3. The molecule has 3 aromatic heterocycles. The molecular weight excluding hydrogens is 539 g/mol. The van der Waals surface area contributed by atoms with Crippen molar-refractivity contribution in [2.45, 2.75) is 19.4 Å². The number of hydrogen-bond acceptors (Lipinski definition) is 5. The number of likely N-dealkylation sites (tertiary alicyclic amines) is 1. The van der Waals surface area contributed by atoms with Crippen LogP contribution in [0.25, 0.3) is 55.4 Å². The summed E-state index contributed by atoms with van der Waals surface area (Å²) in [7, 11) is 4.11. The number of aromatic nitrogens is 4. The molecular formula is C35H35FN6O. The average molecular weight is 575 g/mol. The van der Waals surface area contributed by atoms with Gasteiger partial charge in [-0.05, 0) is 105 Å². The lowest BCUT2D eigenvalue weighted by Crippen LogP contribution is -2.25. The lowest BCUT2D eigenvalue weighted by molar-refractivity contribution is 0.237. The van der Waals surface area contributed by atoms with Crippen molar-refractivity contribution in [2.75, 3.05) is 40.3 Å². The van der Waals surface area contributed by atoms with Crippen molar-refractivity contribution in [1.82, 2.24) is 30.0 Å². The molecule has 8 heteroatoms. The molecule has 1 saturated heterocycles. The smallest absolute Gasteiger partial charge is 0.127 e. The topological polar surface area (TPSA) is 73.1 Å². The van der Waals surface area contributed by atoms with Crippen LogP contribution in [-0.2, 0) is 6.54 Å². The van der Waals surface area contributed by atoms with Gasteiger partial charge in [0.05, 0.1) is 11.2 Å². The highest BCUT2D eigenvalue weighted by Gasteiger charge is 2.16. The lowest BCUT2D eigenvalue weighted by Gasteiger charge is -2.15. The first-order valence-electron chi connectivity index (χ1n) is 14.9. The standard InChI is InChI=1S/C35H35FN6O/c1-41(2)22-23-14-26(21-37-20-23)24-8-9-33-31(17-24)35(40-39-33)34-19-30-29(6-5-7-32(30)38-34)25-15-27(36)18-28(16-25)43-13-12-42-10-3-4-11-42/h5-9,14-21,38H,3-4,10-13,22H2,1-2H3,(H,39,40). The van der Waals surface area contributed by atoms with Gasteiger partial charge in [0.2, 0.25) is 0 Å². The first kappa shape index (κ1) is 27.3. The van der Waals surface area contributed by atoms with Crippen LogP contribution >= 0.6 is 0 Å². The fourth-order valence-corrected chi connectivity index (χ4v) is 6.13. The zero-order valence-corrected chi connectivity index (χ0v) is 24.5. The second-order valence-corrected chi connectivity index (χ2v) is 11.7. The fraction of sp³-hybridized carbons (Fsp3) is 0.257. The third kappa shape index (κ3) is 5.76. The van der Waals surface area contributed by atoms with E-state index in [4.69, 9.17) is 4.74 Å². The van der Waals surface area contributed by atoms with Crippen molar-refractivity contribution in [3.05, 3.63) is 90.5 Å². The van der Waals surface area contributed by atoms with Gasteiger partial charge in [0.1, 0.15) is 23.9 Å². The highest BCUT2D eigenvalue weighted by atomic mass is 19.1. The molecule has 0 atom stereocenters. The number of H-pyrrole nitrogens is 2. The maximum atomic E-state index is 14.8. The van der Waals surface area contributed by atoms with Gasteiger partial charge >= 0.3 is 0 Å². The van der Waals surface area contributed by atoms with Gasteiger partial charge in [0.15, 0.2) is 0 Å². The van der Waals surface area contributed by atoms with E-state index in [0.717, 1.165) is 87.2 Å². The lowest BCUT2D eigenvalue weighted by atomic mass is 10.0. The minimum Gasteiger partial charge on any atom is -0.492 e. The van der Waals surface area contributed by atoms with Gasteiger partial charge in [-0.1, -0.05) is 18.2 Å². The predicted molar refractivity (Wildman–Crippen MR) is 171 cm³/mol. The summed E-state index contributed by atoms with van der Waals surface area (Å²) in [5, 5.41) is 9.89. The minimum absolute atomic E-state index is 0.309. The molecule has 3 aromatic carbocycles. The Morgan fingerprint density at radius 3 is 2.63 bits per heavy atom. The number of nitrogens with zero attached hydrogens (tertiary/aromatic N) is 4. The molecule has 43 heavy (non-hydrogen) atoms. The Morgan fingerprint density at radius 1 is 0.884 bits per heavy atom. The zero-order valence-electron chi connectivity index (χ0n) is 24.5. The van der Waals surface area contributed by atoms with Gasteiger partial charge in [0.25, 0.3) is 0 Å². The Kier molecular flexibility index (Phi) is 7.39. The second-order valence-electron chi connectivity index (χ2n) is 11.7. The van der Waals surface area contributed by atoms with E-state index in [0.29, 0.717) is 12.4 Å². The van der Waals surface area contributed by atoms with Crippen LogP contribution in [0.15, 0.2) is 79.1 Å². The van der Waals surface area contributed by atoms with E-state index in [-0.39, 0.29) is 5.82 Å². The van der Waals surface area contributed by atoms with Crippen LogP contribution in [0.3, 0.4) is 0 Å². The Labute approximate surface area is 250 Å². The molecule has 4 heterocycles. The monoisotopic (exact) mass is 574 g/mol. The Morgan fingerprint density at radius 2 is 1.77 bits per heavy atom. The van der Waals surface area contributed by atoms with E-state index in [1.54, 1.807) is 6.07 Å². The first-order valence-corrected chi connectivity index (χ1v) is 14.9. The normalized spacial score (nSPS) is 14.0. The molecule has 0 amide bonds. The number of rotatable bonds is 9. The number of nitrogens with one attached hydrogen (secondary N) is 2. The highest BCUT2D eigenvalue weighted by Crippen LogP contribution is 2.36. The third-order valence-corrected chi connectivity index (χ3v) is 8.17. The highest BCUT2D eigenvalue weighted by molar-refractivity contribution is 6.02. The van der Waals surface area contributed by atoms with Crippen molar-refractivity contribution in [3.63, 3.8) is 0 Å². The van der Waals surface area contributed by atoms with E-state index >= 15 is 0 Å². The van der Waals surface area contributed by atoms with Gasteiger partial charge in [0, 0.05) is 53.4 Å². The van der Waals surface area contributed by atoms with Crippen LogP contribution in [0.2, 0.25) is 0 Å². The molecule has 7 rings (SSSR count). The van der Waals surface area contributed by atoms with Gasteiger partial charge in [-0.25, -0.2) is 4.39 Å². The summed E-state index contributed by atoms with van der Waals surface area (Å²) in [4.78, 5) is 12.6. The first-order chi connectivity index (χ1) is 21.0. The van der Waals surface area contributed by atoms with Crippen molar-refractivity contribution in [1.29, 1.82) is 0 Å². The SMILES string of the molecule is CN(C)Cc1cncc(-c2ccc3[nH]nc(-c4cc5c(-c6cc(F)cc(OCCN7CCCC7)c6)cccc5[nH]4)c3c2)c1. The number of aromatic amines is 2. The van der Waals surface area contributed by atoms with Crippen molar-refractivity contribution < 1.29 is 9.13 Å². The van der Waals surface area contributed by atoms with Crippen LogP contribution in [0.4, 0.5) is 4.39 Å². The van der Waals surface area contributed by atoms with Crippen LogP contribution in [0.5, 0.6) is 5.75 Å². The summed E-state index contributed by atoms with van der Waals surface area (Å²) < 4.78 is 20.8. The van der Waals surface area contributed by atoms with Crippen LogP contribution in [0, 0.1) is 5.82 Å². The summed E-state index contributed by atoms with van der Waals surface area (Å²) >= 11 is 0. The van der Waals surface area contributed by atoms with Crippen molar-refractivity contribution in [3.8, 4) is 39.4 Å². The summed E-state index contributed by atoms with van der Waals surface area (Å²) in [6.45, 7) is 4.47. The van der Waals surface area contributed by atoms with E-state index in [1.165, 1.54) is 18.9 Å². The molecule has 1 aliphatic heterocycles. The third-order valence-electron chi connectivity index (χ3n) is 8.17. The molecule has 1 aliphatic rings. The molecule has 2 N–H and O–H groups in total.